The van der Waals surface area contributed by atoms with Crippen molar-refractivity contribution in [3.05, 3.63) is 12.4 Å². The van der Waals surface area contributed by atoms with E-state index in [0.29, 0.717) is 5.69 Å². The topological polar surface area (TPSA) is 102 Å². The zero-order valence-corrected chi connectivity index (χ0v) is 12.7. The molecule has 1 aliphatic rings. The zero-order valence-electron chi connectivity index (χ0n) is 11.9. The van der Waals surface area contributed by atoms with Gasteiger partial charge in [-0.3, -0.25) is 14.2 Å². The van der Waals surface area contributed by atoms with Crippen LogP contribution in [0, 0.1) is 0 Å². The van der Waals surface area contributed by atoms with Crippen molar-refractivity contribution in [2.24, 2.45) is 0 Å². The van der Waals surface area contributed by atoms with Gasteiger partial charge in [-0.25, -0.2) is 8.42 Å². The number of piperidine rings is 1. The lowest BCUT2D eigenvalue weighted by atomic mass is 10.1. The maximum Gasteiger partial charge on any atom is 0.323 e. The van der Waals surface area contributed by atoms with E-state index in [2.05, 4.69) is 19.9 Å². The molecule has 21 heavy (non-hydrogen) atoms. The Morgan fingerprint density at radius 3 is 2.90 bits per heavy atom. The molecule has 2 N–H and O–H groups in total. The van der Waals surface area contributed by atoms with Crippen LogP contribution in [-0.4, -0.2) is 49.6 Å². The number of carbonyl (C=O) groups excluding carboxylic acids is 1. The second-order valence-electron chi connectivity index (χ2n) is 4.86. The normalized spacial score (nSPS) is 16.6. The van der Waals surface area contributed by atoms with E-state index in [1.54, 1.807) is 17.8 Å². The van der Waals surface area contributed by atoms with Crippen LogP contribution in [0.15, 0.2) is 12.4 Å². The number of ether oxygens (including phenoxy) is 1. The first-order valence-electron chi connectivity index (χ1n) is 6.91. The van der Waals surface area contributed by atoms with E-state index in [4.69, 9.17) is 0 Å². The zero-order chi connectivity index (χ0) is 15.3. The number of hydrogen-bond acceptors (Lipinski definition) is 6. The number of nitrogens with one attached hydrogen (secondary N) is 2. The minimum absolute atomic E-state index is 0.155. The van der Waals surface area contributed by atoms with Crippen LogP contribution in [-0.2, 0) is 19.6 Å². The highest BCUT2D eigenvalue weighted by atomic mass is 32.2. The van der Waals surface area contributed by atoms with Gasteiger partial charge in [0.25, 0.3) is 0 Å². The molecule has 2 rings (SSSR count). The third kappa shape index (κ3) is 4.71. The summed E-state index contributed by atoms with van der Waals surface area (Å²) in [5.74, 6) is -1.46. The highest BCUT2D eigenvalue weighted by Gasteiger charge is 2.20. The molecule has 0 saturated carbocycles. The summed E-state index contributed by atoms with van der Waals surface area (Å²) in [4.78, 5) is 11.2. The van der Waals surface area contributed by atoms with Gasteiger partial charge in [-0.2, -0.15) is 5.10 Å². The van der Waals surface area contributed by atoms with Gasteiger partial charge >= 0.3 is 5.97 Å². The van der Waals surface area contributed by atoms with Crippen LogP contribution >= 0.6 is 0 Å². The third-order valence-corrected chi connectivity index (χ3v) is 4.33. The van der Waals surface area contributed by atoms with Crippen LogP contribution in [0.5, 0.6) is 0 Å². The number of rotatable bonds is 6. The van der Waals surface area contributed by atoms with Crippen LogP contribution in [0.4, 0.5) is 5.69 Å². The molecule has 0 atom stereocenters. The number of anilines is 1. The fourth-order valence-electron chi connectivity index (χ4n) is 2.24. The Morgan fingerprint density at radius 1 is 1.52 bits per heavy atom. The number of hydrogen-bond donors (Lipinski definition) is 2. The van der Waals surface area contributed by atoms with E-state index in [-0.39, 0.29) is 12.6 Å². The minimum Gasteiger partial charge on any atom is -0.465 e. The molecule has 1 aromatic heterocycles. The van der Waals surface area contributed by atoms with Gasteiger partial charge in [0.05, 0.1) is 24.5 Å². The summed E-state index contributed by atoms with van der Waals surface area (Å²) in [6, 6.07) is 0.273. The van der Waals surface area contributed by atoms with Crippen LogP contribution in [0.25, 0.3) is 0 Å². The van der Waals surface area contributed by atoms with Gasteiger partial charge in [0, 0.05) is 6.20 Å². The van der Waals surface area contributed by atoms with Crippen LogP contribution in [0.3, 0.4) is 0 Å². The molecule has 0 spiro atoms. The Bertz CT molecular complexity index is 578. The second-order valence-corrected chi connectivity index (χ2v) is 6.58. The summed E-state index contributed by atoms with van der Waals surface area (Å²) in [6.45, 7) is 3.63. The average Bonchev–Trinajstić information content (AvgIpc) is 2.87. The number of sulfonamides is 1. The molecule has 2 heterocycles. The first-order chi connectivity index (χ1) is 10.00. The van der Waals surface area contributed by atoms with Gasteiger partial charge in [0.1, 0.15) is 0 Å². The van der Waals surface area contributed by atoms with Crippen LogP contribution in [0.1, 0.15) is 25.8 Å². The molecule has 0 amide bonds. The van der Waals surface area contributed by atoms with Gasteiger partial charge in [-0.05, 0) is 32.9 Å². The monoisotopic (exact) mass is 316 g/mol. The quantitative estimate of drug-likeness (QED) is 0.722. The maximum absolute atomic E-state index is 11.8. The molecule has 1 aliphatic heterocycles. The lowest BCUT2D eigenvalue weighted by Crippen LogP contribution is -2.29. The van der Waals surface area contributed by atoms with Gasteiger partial charge in [-0.1, -0.05) is 0 Å². The van der Waals surface area contributed by atoms with E-state index < -0.39 is 21.7 Å². The van der Waals surface area contributed by atoms with Crippen molar-refractivity contribution >= 4 is 21.7 Å². The van der Waals surface area contributed by atoms with E-state index in [9.17, 15) is 13.2 Å². The highest BCUT2D eigenvalue weighted by Crippen LogP contribution is 2.19. The van der Waals surface area contributed by atoms with Crippen molar-refractivity contribution in [2.75, 3.05) is 30.2 Å². The third-order valence-electron chi connectivity index (χ3n) is 3.17. The smallest absolute Gasteiger partial charge is 0.323 e. The van der Waals surface area contributed by atoms with E-state index in [1.807, 2.05) is 0 Å². The second kappa shape index (κ2) is 6.90. The number of esters is 1. The largest absolute Gasteiger partial charge is 0.465 e. The first-order valence-corrected chi connectivity index (χ1v) is 8.56. The fourth-order valence-corrected chi connectivity index (χ4v) is 3.17. The summed E-state index contributed by atoms with van der Waals surface area (Å²) in [5.41, 5.74) is 0.359. The highest BCUT2D eigenvalue weighted by molar-refractivity contribution is 7.93. The Labute approximate surface area is 123 Å². The van der Waals surface area contributed by atoms with Crippen molar-refractivity contribution in [3.8, 4) is 0 Å². The molecule has 1 saturated heterocycles. The van der Waals surface area contributed by atoms with E-state index in [0.717, 1.165) is 25.9 Å². The number of carbonyl (C=O) groups is 1. The van der Waals surface area contributed by atoms with E-state index in [1.165, 1.54) is 6.20 Å². The Kier molecular flexibility index (Phi) is 5.18. The van der Waals surface area contributed by atoms with Crippen LogP contribution < -0.4 is 10.0 Å². The Hall–Kier alpha value is -1.61. The van der Waals surface area contributed by atoms with Crippen molar-refractivity contribution in [3.63, 3.8) is 0 Å². The average molecular weight is 316 g/mol. The molecule has 0 aliphatic carbocycles. The van der Waals surface area contributed by atoms with Crippen molar-refractivity contribution < 1.29 is 17.9 Å². The Morgan fingerprint density at radius 2 is 2.24 bits per heavy atom. The first kappa shape index (κ1) is 15.8. The number of nitrogens with zero attached hydrogens (tertiary/aromatic N) is 2. The minimum atomic E-state index is -3.76. The predicted molar refractivity (Wildman–Crippen MR) is 77.4 cm³/mol. The molecule has 9 heteroatoms. The molecule has 1 aromatic rings. The standard InChI is InChI=1S/C12H20N4O4S/c1-2-20-12(17)9-21(18,19)15-10-7-14-16(8-10)11-3-5-13-6-4-11/h7-8,11,13,15H,2-6,9H2,1H3. The molecule has 0 unspecified atom stereocenters. The molecule has 0 radical (unpaired) electrons. The molecule has 1 fully saturated rings. The van der Waals surface area contributed by atoms with E-state index >= 15 is 0 Å². The summed E-state index contributed by atoms with van der Waals surface area (Å²) >= 11 is 0. The lowest BCUT2D eigenvalue weighted by Gasteiger charge is -2.22. The van der Waals surface area contributed by atoms with Crippen molar-refractivity contribution in [1.82, 2.24) is 15.1 Å². The molecule has 0 aromatic carbocycles. The molecular weight excluding hydrogens is 296 g/mol. The fraction of sp³-hybridized carbons (Fsp3) is 0.667. The summed E-state index contributed by atoms with van der Waals surface area (Å²) in [5, 5.41) is 7.44. The van der Waals surface area contributed by atoms with Crippen molar-refractivity contribution in [1.29, 1.82) is 0 Å². The molecular formula is C12H20N4O4S. The number of aromatic nitrogens is 2. The predicted octanol–water partition coefficient (Wildman–Crippen LogP) is 0.112. The van der Waals surface area contributed by atoms with Gasteiger partial charge in [0.15, 0.2) is 5.75 Å². The molecule has 0 bridgehead atoms. The molecule has 8 nitrogen and oxygen atoms in total. The lowest BCUT2D eigenvalue weighted by molar-refractivity contribution is -0.139. The summed E-state index contributed by atoms with van der Waals surface area (Å²) in [6.07, 6.45) is 5.01. The maximum atomic E-state index is 11.8. The SMILES string of the molecule is CCOC(=O)CS(=O)(=O)Nc1cnn(C2CCNCC2)c1. The Balaban J connectivity index is 1.96. The summed E-state index contributed by atoms with van der Waals surface area (Å²) < 4.78 is 32.4. The molecule has 118 valence electrons. The van der Waals surface area contributed by atoms with Crippen LogP contribution in [0.2, 0.25) is 0 Å². The van der Waals surface area contributed by atoms with Gasteiger partial charge in [0.2, 0.25) is 10.0 Å². The van der Waals surface area contributed by atoms with Gasteiger partial charge in [-0.15, -0.1) is 0 Å². The van der Waals surface area contributed by atoms with Gasteiger partial charge < -0.3 is 10.1 Å². The summed E-state index contributed by atoms with van der Waals surface area (Å²) in [7, 11) is -3.76. The van der Waals surface area contributed by atoms with Crippen molar-refractivity contribution in [2.45, 2.75) is 25.8 Å².